The number of hydrogen-bond acceptors (Lipinski definition) is 2. The summed E-state index contributed by atoms with van der Waals surface area (Å²) in [7, 11) is 0. The highest BCUT2D eigenvalue weighted by molar-refractivity contribution is 6.05. The van der Waals surface area contributed by atoms with E-state index in [9.17, 15) is 0 Å². The Bertz CT molecular complexity index is 2950. The maximum atomic E-state index is 5.47. The van der Waals surface area contributed by atoms with E-state index in [4.69, 9.17) is 9.97 Å². The summed E-state index contributed by atoms with van der Waals surface area (Å²) in [6.45, 7) is 4.65. The first-order chi connectivity index (χ1) is 27.5. The summed E-state index contributed by atoms with van der Waals surface area (Å²) in [5, 5.41) is 1.07. The Labute approximate surface area is 327 Å². The third-order valence-corrected chi connectivity index (χ3v) is 12.4. The Morgan fingerprint density at radius 3 is 1.62 bits per heavy atom. The molecule has 0 spiro atoms. The summed E-state index contributed by atoms with van der Waals surface area (Å²) in [5.74, 6) is 0.726. The molecule has 2 nitrogen and oxygen atoms in total. The summed E-state index contributed by atoms with van der Waals surface area (Å²) < 4.78 is 0. The zero-order chi connectivity index (χ0) is 37.4. The van der Waals surface area contributed by atoms with E-state index in [1.54, 1.807) is 0 Å². The molecule has 2 heteroatoms. The number of benzene rings is 8. The molecule has 0 aliphatic heterocycles. The lowest BCUT2D eigenvalue weighted by Crippen LogP contribution is -2.28. The zero-order valence-corrected chi connectivity index (χ0v) is 31.4. The molecule has 56 heavy (non-hydrogen) atoms. The highest BCUT2D eigenvalue weighted by Crippen LogP contribution is 2.56. The van der Waals surface area contributed by atoms with E-state index in [-0.39, 0.29) is 5.41 Å². The second kappa shape index (κ2) is 12.3. The van der Waals surface area contributed by atoms with Crippen molar-refractivity contribution < 1.29 is 0 Å². The van der Waals surface area contributed by atoms with E-state index in [1.807, 2.05) is 0 Å². The fourth-order valence-corrected chi connectivity index (χ4v) is 9.81. The molecule has 0 bridgehead atoms. The Morgan fingerprint density at radius 2 is 0.911 bits per heavy atom. The van der Waals surface area contributed by atoms with Crippen molar-refractivity contribution in [2.45, 2.75) is 24.7 Å². The smallest absolute Gasteiger partial charge is 0.160 e. The number of aromatic nitrogens is 2. The van der Waals surface area contributed by atoms with Crippen LogP contribution in [0.5, 0.6) is 0 Å². The van der Waals surface area contributed by atoms with E-state index in [1.165, 1.54) is 55.6 Å². The van der Waals surface area contributed by atoms with Crippen LogP contribution in [0.2, 0.25) is 0 Å². The summed E-state index contributed by atoms with van der Waals surface area (Å²) in [6.07, 6.45) is 0. The lowest BCUT2D eigenvalue weighted by molar-refractivity contribution is 0.661. The predicted molar refractivity (Wildman–Crippen MR) is 231 cm³/mol. The molecule has 0 radical (unpaired) electrons. The highest BCUT2D eigenvalue weighted by Gasteiger charge is 2.46. The van der Waals surface area contributed by atoms with Gasteiger partial charge in [0.1, 0.15) is 0 Å². The fraction of sp³-hybridized carbons (Fsp3) is 0.0741. The van der Waals surface area contributed by atoms with Gasteiger partial charge in [-0.1, -0.05) is 196 Å². The first-order valence-corrected chi connectivity index (χ1v) is 19.5. The number of rotatable bonds is 5. The van der Waals surface area contributed by atoms with E-state index in [0.29, 0.717) is 0 Å². The molecule has 1 aromatic heterocycles. The van der Waals surface area contributed by atoms with Gasteiger partial charge in [-0.2, -0.15) is 0 Å². The molecular weight excluding hydrogens is 677 g/mol. The normalized spacial score (nSPS) is 14.2. The lowest BCUT2D eigenvalue weighted by atomic mass is 9.67. The van der Waals surface area contributed by atoms with Crippen LogP contribution in [0.3, 0.4) is 0 Å². The van der Waals surface area contributed by atoms with Crippen molar-refractivity contribution in [1.82, 2.24) is 9.97 Å². The Morgan fingerprint density at radius 1 is 0.375 bits per heavy atom. The topological polar surface area (TPSA) is 25.8 Å². The quantitative estimate of drug-likeness (QED) is 0.177. The number of hydrogen-bond donors (Lipinski definition) is 0. The summed E-state index contributed by atoms with van der Waals surface area (Å²) >= 11 is 0. The third kappa shape index (κ3) is 4.63. The molecule has 0 fully saturated rings. The van der Waals surface area contributed by atoms with Gasteiger partial charge in [0.2, 0.25) is 0 Å². The molecule has 9 aromatic rings. The van der Waals surface area contributed by atoms with Crippen molar-refractivity contribution in [3.8, 4) is 56.0 Å². The molecule has 0 atom stereocenters. The molecule has 0 saturated heterocycles. The molecule has 0 unspecified atom stereocenters. The van der Waals surface area contributed by atoms with Crippen molar-refractivity contribution >= 4 is 10.9 Å². The van der Waals surface area contributed by atoms with Gasteiger partial charge in [-0.05, 0) is 73.3 Å². The van der Waals surface area contributed by atoms with Crippen LogP contribution < -0.4 is 0 Å². The molecule has 1 heterocycles. The number of fused-ring (bicyclic) bond motifs is 8. The van der Waals surface area contributed by atoms with Gasteiger partial charge < -0.3 is 0 Å². The zero-order valence-electron chi connectivity index (χ0n) is 31.4. The van der Waals surface area contributed by atoms with Crippen LogP contribution in [0, 0.1) is 0 Å². The SMILES string of the molecule is CC1(C)c2ccccc2-c2c1ccc1c(-c3ccccc3)nc(-c3cccc(-c4cccc(C5(c6ccccc6)c6ccccc6-c6ccccc65)c4)c3)nc21. The van der Waals surface area contributed by atoms with Crippen LogP contribution in [-0.2, 0) is 10.8 Å². The van der Waals surface area contributed by atoms with Gasteiger partial charge in [-0.25, -0.2) is 9.97 Å². The Balaban J connectivity index is 1.11. The maximum absolute atomic E-state index is 5.47. The average molecular weight is 715 g/mol. The first kappa shape index (κ1) is 32.5. The lowest BCUT2D eigenvalue weighted by Gasteiger charge is -2.34. The molecule has 0 saturated carbocycles. The largest absolute Gasteiger partial charge is 0.227 e. The first-order valence-electron chi connectivity index (χ1n) is 19.5. The van der Waals surface area contributed by atoms with Gasteiger partial charge >= 0.3 is 0 Å². The third-order valence-electron chi connectivity index (χ3n) is 12.4. The van der Waals surface area contributed by atoms with Crippen molar-refractivity contribution in [2.75, 3.05) is 0 Å². The van der Waals surface area contributed by atoms with Crippen LogP contribution in [-0.4, -0.2) is 9.97 Å². The minimum absolute atomic E-state index is 0.124. The van der Waals surface area contributed by atoms with Gasteiger partial charge in [0.25, 0.3) is 0 Å². The summed E-state index contributed by atoms with van der Waals surface area (Å²) in [6, 6.07) is 70.7. The second-order valence-corrected chi connectivity index (χ2v) is 15.7. The van der Waals surface area contributed by atoms with E-state index < -0.39 is 5.41 Å². The van der Waals surface area contributed by atoms with Crippen molar-refractivity contribution in [1.29, 1.82) is 0 Å². The fourth-order valence-electron chi connectivity index (χ4n) is 9.81. The maximum Gasteiger partial charge on any atom is 0.160 e. The Kier molecular flexibility index (Phi) is 7.15. The highest BCUT2D eigenvalue weighted by atomic mass is 14.9. The van der Waals surface area contributed by atoms with Crippen molar-refractivity contribution in [3.63, 3.8) is 0 Å². The van der Waals surface area contributed by atoms with Crippen LogP contribution in [0.1, 0.15) is 47.2 Å². The van der Waals surface area contributed by atoms with Gasteiger partial charge in [-0.3, -0.25) is 0 Å². The number of nitrogens with zero attached hydrogens (tertiary/aromatic N) is 2. The molecule has 264 valence electrons. The molecule has 0 amide bonds. The predicted octanol–water partition coefficient (Wildman–Crippen LogP) is 13.3. The Hall–Kier alpha value is -6.90. The van der Waals surface area contributed by atoms with E-state index >= 15 is 0 Å². The van der Waals surface area contributed by atoms with Gasteiger partial charge in [0.05, 0.1) is 16.6 Å². The van der Waals surface area contributed by atoms with Crippen LogP contribution >= 0.6 is 0 Å². The van der Waals surface area contributed by atoms with E-state index in [2.05, 4.69) is 208 Å². The van der Waals surface area contributed by atoms with Gasteiger partial charge in [0, 0.05) is 27.5 Å². The molecule has 0 N–H and O–H groups in total. The molecular formula is C54H38N2. The minimum atomic E-state index is -0.460. The summed E-state index contributed by atoms with van der Waals surface area (Å²) in [4.78, 5) is 10.8. The van der Waals surface area contributed by atoms with Gasteiger partial charge in [-0.15, -0.1) is 0 Å². The summed E-state index contributed by atoms with van der Waals surface area (Å²) in [5.41, 5.74) is 18.6. The molecule has 2 aliphatic carbocycles. The average Bonchev–Trinajstić information content (AvgIpc) is 3.70. The monoisotopic (exact) mass is 714 g/mol. The van der Waals surface area contributed by atoms with Gasteiger partial charge in [0.15, 0.2) is 5.82 Å². The minimum Gasteiger partial charge on any atom is -0.227 e. The van der Waals surface area contributed by atoms with Crippen molar-refractivity contribution in [3.05, 3.63) is 228 Å². The standard InChI is InChI=1S/C54H38N2/c1-53(2)45-28-12-11-27-43(45)49-48(53)32-31-44-50(35-17-5-3-6-18-35)55-52(56-51(44)49)38-21-15-19-36(33-38)37-20-16-24-40(34-37)54(39-22-7-4-8-23-39)46-29-13-9-25-41(46)42-26-10-14-30-47(42)54/h3-34H,1-2H3. The molecule has 8 aromatic carbocycles. The van der Waals surface area contributed by atoms with Crippen LogP contribution in [0.25, 0.3) is 66.9 Å². The van der Waals surface area contributed by atoms with Crippen molar-refractivity contribution in [2.24, 2.45) is 0 Å². The molecule has 11 rings (SSSR count). The van der Waals surface area contributed by atoms with E-state index in [0.717, 1.165) is 44.7 Å². The second-order valence-electron chi connectivity index (χ2n) is 15.7. The van der Waals surface area contributed by atoms with Crippen LogP contribution in [0.4, 0.5) is 0 Å². The van der Waals surface area contributed by atoms with Crippen LogP contribution in [0.15, 0.2) is 194 Å². The molecule has 2 aliphatic rings.